The lowest BCUT2D eigenvalue weighted by molar-refractivity contribution is -0.142. The summed E-state index contributed by atoms with van der Waals surface area (Å²) in [5, 5.41) is 37.5. The van der Waals surface area contributed by atoms with Crippen LogP contribution >= 0.6 is 0 Å². The van der Waals surface area contributed by atoms with E-state index >= 15 is 0 Å². The Morgan fingerprint density at radius 1 is 0.750 bits per heavy atom. The number of nitrogens with zero attached hydrogens (tertiary/aromatic N) is 4. The molecule has 0 radical (unpaired) electrons. The molecule has 2 atom stereocenters. The van der Waals surface area contributed by atoms with Gasteiger partial charge in [0, 0.05) is 10.4 Å². The number of methoxy groups -OCH3 is 2. The Kier molecular flexibility index (Phi) is 7.45. The number of carbonyl (C=O) groups excluding carboxylic acids is 2. The quantitative estimate of drug-likeness (QED) is 0.695. The van der Waals surface area contributed by atoms with E-state index in [1.807, 2.05) is 0 Å². The summed E-state index contributed by atoms with van der Waals surface area (Å²) in [4.78, 5) is 24.1. The van der Waals surface area contributed by atoms with E-state index in [4.69, 9.17) is 9.47 Å². The molecule has 0 amide bonds. The summed E-state index contributed by atoms with van der Waals surface area (Å²) in [6.07, 6.45) is 0. The van der Waals surface area contributed by atoms with Gasteiger partial charge >= 0.3 is 11.9 Å². The van der Waals surface area contributed by atoms with Crippen molar-refractivity contribution < 1.29 is 19.1 Å². The van der Waals surface area contributed by atoms with Gasteiger partial charge in [-0.2, -0.15) is 21.0 Å². The molecule has 1 rings (SSSR count). The molecule has 0 saturated carbocycles. The van der Waals surface area contributed by atoms with E-state index in [9.17, 15) is 30.6 Å². The van der Waals surface area contributed by atoms with Crippen LogP contribution in [-0.4, -0.2) is 26.2 Å². The number of nitriles is 4. The minimum Gasteiger partial charge on any atom is -0.469 e. The molecule has 8 heteroatoms. The zero-order chi connectivity index (χ0) is 21.4. The highest BCUT2D eigenvalue weighted by Crippen LogP contribution is 2.18. The molecule has 0 spiro atoms. The van der Waals surface area contributed by atoms with Gasteiger partial charge in [0.2, 0.25) is 0 Å². The third-order valence-electron chi connectivity index (χ3n) is 4.25. The fourth-order valence-electron chi connectivity index (χ4n) is 2.68. The highest BCUT2D eigenvalue weighted by Gasteiger charge is 2.24. The van der Waals surface area contributed by atoms with E-state index in [2.05, 4.69) is 0 Å². The Hall–Kier alpha value is -4.14. The van der Waals surface area contributed by atoms with Gasteiger partial charge in [-0.15, -0.1) is 0 Å². The Morgan fingerprint density at radius 2 is 1.04 bits per heavy atom. The van der Waals surface area contributed by atoms with Crippen molar-refractivity contribution in [2.24, 2.45) is 0 Å². The van der Waals surface area contributed by atoms with Crippen LogP contribution in [-0.2, 0) is 19.1 Å². The van der Waals surface area contributed by atoms with Gasteiger partial charge in [-0.05, 0) is 37.1 Å². The minimum absolute atomic E-state index is 0.118. The summed E-state index contributed by atoms with van der Waals surface area (Å²) in [7, 11) is 2.38. The van der Waals surface area contributed by atoms with Gasteiger partial charge in [-0.1, -0.05) is 0 Å². The van der Waals surface area contributed by atoms with Crippen LogP contribution in [0.15, 0.2) is 12.1 Å². The molecule has 2 unspecified atom stereocenters. The summed E-state index contributed by atoms with van der Waals surface area (Å²) < 4.78 is 9.46. The highest BCUT2D eigenvalue weighted by molar-refractivity contribution is 5.83. The van der Waals surface area contributed by atoms with E-state index in [0.29, 0.717) is 0 Å². The van der Waals surface area contributed by atoms with Crippen molar-refractivity contribution in [1.29, 1.82) is 21.0 Å². The van der Waals surface area contributed by atoms with Crippen molar-refractivity contribution in [3.8, 4) is 24.3 Å². The lowest BCUT2D eigenvalue weighted by Gasteiger charge is -2.16. The molecule has 0 aliphatic rings. The second-order valence-electron chi connectivity index (χ2n) is 5.71. The zero-order valence-corrected chi connectivity index (χ0v) is 15.7. The molecule has 28 heavy (non-hydrogen) atoms. The third kappa shape index (κ3) is 4.15. The SMILES string of the molecule is COC(=O)C(C)c1cc(=C(C#N)C#N)c(C(C)C(=O)OC)cc1=C(C#N)C#N. The lowest BCUT2D eigenvalue weighted by Crippen LogP contribution is -2.30. The van der Waals surface area contributed by atoms with Gasteiger partial charge in [0.1, 0.15) is 35.4 Å². The summed E-state index contributed by atoms with van der Waals surface area (Å²) in [5.41, 5.74) is -0.121. The maximum atomic E-state index is 12.0. The molecule has 1 aromatic rings. The molecule has 0 aromatic heterocycles. The maximum absolute atomic E-state index is 12.0. The number of esters is 2. The van der Waals surface area contributed by atoms with E-state index in [1.54, 1.807) is 24.3 Å². The van der Waals surface area contributed by atoms with Crippen LogP contribution in [0.25, 0.3) is 11.1 Å². The predicted molar refractivity (Wildman–Crippen MR) is 95.8 cm³/mol. The first-order valence-electron chi connectivity index (χ1n) is 7.99. The van der Waals surface area contributed by atoms with Crippen LogP contribution in [0.5, 0.6) is 0 Å². The highest BCUT2D eigenvalue weighted by atomic mass is 16.5. The summed E-state index contributed by atoms with van der Waals surface area (Å²) in [5.74, 6) is -3.05. The van der Waals surface area contributed by atoms with Gasteiger partial charge in [0.25, 0.3) is 0 Å². The standard InChI is InChI=1S/C20H16N4O4/c1-11(19(25)27-3)15-5-18(14(9-23)10-24)16(12(2)20(26)28-4)6-17(15)13(7-21)8-22/h5-6,11-12H,1-4H3. The summed E-state index contributed by atoms with van der Waals surface area (Å²) in [6, 6.07) is 9.75. The fraction of sp³-hybridized carbons (Fsp3) is 0.300. The van der Waals surface area contributed by atoms with Crippen molar-refractivity contribution in [1.82, 2.24) is 0 Å². The van der Waals surface area contributed by atoms with Crippen LogP contribution in [0.4, 0.5) is 0 Å². The smallest absolute Gasteiger partial charge is 0.312 e. The van der Waals surface area contributed by atoms with Gasteiger partial charge < -0.3 is 9.47 Å². The Morgan fingerprint density at radius 3 is 1.25 bits per heavy atom. The van der Waals surface area contributed by atoms with E-state index in [0.717, 1.165) is 0 Å². The fourth-order valence-corrected chi connectivity index (χ4v) is 2.68. The van der Waals surface area contributed by atoms with Crippen molar-refractivity contribution >= 4 is 23.1 Å². The first kappa shape index (κ1) is 21.9. The molecule has 140 valence electrons. The van der Waals surface area contributed by atoms with E-state index in [-0.39, 0.29) is 32.7 Å². The van der Waals surface area contributed by atoms with Crippen LogP contribution < -0.4 is 10.4 Å². The van der Waals surface area contributed by atoms with Crippen molar-refractivity contribution in [2.75, 3.05) is 14.2 Å². The Labute approximate surface area is 161 Å². The second kappa shape index (κ2) is 9.53. The predicted octanol–water partition coefficient (Wildman–Crippen LogP) is 0.635. The Bertz CT molecular complexity index is 986. The van der Waals surface area contributed by atoms with Gasteiger partial charge in [-0.3, -0.25) is 9.59 Å². The number of benzene rings is 1. The van der Waals surface area contributed by atoms with Crippen LogP contribution in [0.3, 0.4) is 0 Å². The average Bonchev–Trinajstić information content (AvgIpc) is 2.73. The molecule has 0 saturated heterocycles. The molecule has 1 aromatic carbocycles. The molecule has 0 fully saturated rings. The van der Waals surface area contributed by atoms with Gasteiger partial charge in [0.15, 0.2) is 0 Å². The monoisotopic (exact) mass is 376 g/mol. The zero-order valence-electron chi connectivity index (χ0n) is 15.7. The van der Waals surface area contributed by atoms with Crippen LogP contribution in [0, 0.1) is 45.3 Å². The normalized spacial score (nSPS) is 11.4. The van der Waals surface area contributed by atoms with Crippen LogP contribution in [0.2, 0.25) is 0 Å². The van der Waals surface area contributed by atoms with Gasteiger partial charge in [-0.25, -0.2) is 0 Å². The van der Waals surface area contributed by atoms with Crippen molar-refractivity contribution in [3.63, 3.8) is 0 Å². The molecular weight excluding hydrogens is 360 g/mol. The molecule has 0 N–H and O–H groups in total. The summed E-state index contributed by atoms with van der Waals surface area (Å²) >= 11 is 0. The first-order chi connectivity index (χ1) is 13.3. The number of ether oxygens (including phenoxy) is 2. The van der Waals surface area contributed by atoms with E-state index in [1.165, 1.54) is 40.2 Å². The van der Waals surface area contributed by atoms with Crippen molar-refractivity contribution in [3.05, 3.63) is 33.7 Å². The molecular formula is C20H16N4O4. The Balaban J connectivity index is 4.28. The minimum atomic E-state index is -0.892. The van der Waals surface area contributed by atoms with Gasteiger partial charge in [0.05, 0.1) is 26.1 Å². The lowest BCUT2D eigenvalue weighted by atomic mass is 9.88. The average molecular weight is 376 g/mol. The second-order valence-corrected chi connectivity index (χ2v) is 5.71. The van der Waals surface area contributed by atoms with Crippen molar-refractivity contribution in [2.45, 2.75) is 25.7 Å². The molecule has 8 nitrogen and oxygen atoms in total. The maximum Gasteiger partial charge on any atom is 0.312 e. The number of hydrogen-bond donors (Lipinski definition) is 0. The third-order valence-corrected chi connectivity index (χ3v) is 4.25. The first-order valence-corrected chi connectivity index (χ1v) is 7.99. The molecule has 0 aliphatic carbocycles. The molecule has 0 heterocycles. The summed E-state index contributed by atoms with van der Waals surface area (Å²) in [6.45, 7) is 3.01. The van der Waals surface area contributed by atoms with E-state index < -0.39 is 23.8 Å². The molecule has 0 aliphatic heterocycles. The number of hydrogen-bond acceptors (Lipinski definition) is 8. The molecule has 0 bridgehead atoms. The van der Waals surface area contributed by atoms with Crippen LogP contribution in [0.1, 0.15) is 36.8 Å². The number of rotatable bonds is 4. The topological polar surface area (TPSA) is 148 Å². The number of carbonyl (C=O) groups is 2. The largest absolute Gasteiger partial charge is 0.469 e.